The minimum absolute atomic E-state index is 0.0596. The number of hydrogen-bond donors (Lipinski definition) is 1. The Kier molecular flexibility index (Phi) is 5.45. The lowest BCUT2D eigenvalue weighted by molar-refractivity contribution is 0.0701. The highest BCUT2D eigenvalue weighted by Crippen LogP contribution is 2.02. The van der Waals surface area contributed by atoms with Gasteiger partial charge < -0.3 is 15.4 Å². The zero-order chi connectivity index (χ0) is 11.8. The summed E-state index contributed by atoms with van der Waals surface area (Å²) in [5.74, 6) is -0.0596. The molecule has 0 atom stereocenters. The van der Waals surface area contributed by atoms with Gasteiger partial charge in [0.05, 0.1) is 12.2 Å². The van der Waals surface area contributed by atoms with Crippen molar-refractivity contribution in [2.24, 2.45) is 5.73 Å². The average Bonchev–Trinajstić information content (AvgIpc) is 2.35. The van der Waals surface area contributed by atoms with Crippen LogP contribution in [0.5, 0.6) is 0 Å². The summed E-state index contributed by atoms with van der Waals surface area (Å²) in [6.45, 7) is 2.01. The van der Waals surface area contributed by atoms with Crippen LogP contribution in [0.1, 0.15) is 10.4 Å². The molecule has 0 aliphatic carbocycles. The molecule has 1 aromatic rings. The normalized spacial score (nSPS) is 10.1. The maximum atomic E-state index is 12.0. The van der Waals surface area contributed by atoms with Crippen molar-refractivity contribution >= 4 is 5.91 Å². The van der Waals surface area contributed by atoms with Gasteiger partial charge in [0.1, 0.15) is 0 Å². The van der Waals surface area contributed by atoms with Crippen molar-refractivity contribution in [1.82, 2.24) is 9.88 Å². The summed E-state index contributed by atoms with van der Waals surface area (Å²) in [6.07, 6.45) is 3.19. The first-order chi connectivity index (χ1) is 7.79. The van der Waals surface area contributed by atoms with Crippen LogP contribution in [0.15, 0.2) is 24.5 Å². The van der Waals surface area contributed by atoms with E-state index in [0.717, 1.165) is 0 Å². The van der Waals surface area contributed by atoms with E-state index >= 15 is 0 Å². The largest absolute Gasteiger partial charge is 0.383 e. The van der Waals surface area contributed by atoms with Gasteiger partial charge >= 0.3 is 0 Å². The number of nitrogens with zero attached hydrogens (tertiary/aromatic N) is 2. The Morgan fingerprint density at radius 3 is 2.94 bits per heavy atom. The molecule has 0 bridgehead atoms. The predicted molar refractivity (Wildman–Crippen MR) is 61.1 cm³/mol. The van der Waals surface area contributed by atoms with Crippen LogP contribution in [0, 0.1) is 0 Å². The lowest BCUT2D eigenvalue weighted by Crippen LogP contribution is -2.37. The van der Waals surface area contributed by atoms with E-state index in [0.29, 0.717) is 31.8 Å². The van der Waals surface area contributed by atoms with Crippen LogP contribution >= 0.6 is 0 Å². The van der Waals surface area contributed by atoms with Crippen molar-refractivity contribution in [1.29, 1.82) is 0 Å². The van der Waals surface area contributed by atoms with E-state index in [1.54, 1.807) is 36.5 Å². The SMILES string of the molecule is COCCN(CCN)C(=O)c1cccnc1. The van der Waals surface area contributed by atoms with Crippen LogP contribution in [0.4, 0.5) is 0 Å². The van der Waals surface area contributed by atoms with E-state index in [1.165, 1.54) is 0 Å². The number of pyridine rings is 1. The minimum Gasteiger partial charge on any atom is -0.383 e. The second kappa shape index (κ2) is 6.92. The van der Waals surface area contributed by atoms with Crippen LogP contribution in [0.3, 0.4) is 0 Å². The summed E-state index contributed by atoms with van der Waals surface area (Å²) in [4.78, 5) is 17.6. The number of methoxy groups -OCH3 is 1. The Morgan fingerprint density at radius 1 is 1.56 bits per heavy atom. The molecule has 0 aliphatic heterocycles. The number of hydrogen-bond acceptors (Lipinski definition) is 4. The summed E-state index contributed by atoms with van der Waals surface area (Å²) in [7, 11) is 1.61. The van der Waals surface area contributed by atoms with Crippen molar-refractivity contribution in [2.45, 2.75) is 0 Å². The molecular weight excluding hydrogens is 206 g/mol. The fraction of sp³-hybridized carbons (Fsp3) is 0.455. The van der Waals surface area contributed by atoms with E-state index in [2.05, 4.69) is 4.98 Å². The topological polar surface area (TPSA) is 68.5 Å². The molecule has 1 heterocycles. The second-order valence-corrected chi connectivity index (χ2v) is 3.32. The van der Waals surface area contributed by atoms with Gasteiger partial charge in [-0.25, -0.2) is 0 Å². The van der Waals surface area contributed by atoms with Crippen LogP contribution in [0.25, 0.3) is 0 Å². The summed E-state index contributed by atoms with van der Waals surface area (Å²) >= 11 is 0. The third-order valence-electron chi connectivity index (χ3n) is 2.16. The smallest absolute Gasteiger partial charge is 0.255 e. The van der Waals surface area contributed by atoms with Gasteiger partial charge in [-0.1, -0.05) is 0 Å². The van der Waals surface area contributed by atoms with E-state index in [1.807, 2.05) is 0 Å². The molecule has 88 valence electrons. The molecular formula is C11H17N3O2. The standard InChI is InChI=1S/C11H17N3O2/c1-16-8-7-14(6-4-12)11(15)10-3-2-5-13-9-10/h2-3,5,9H,4,6-8,12H2,1H3. The molecule has 0 unspecified atom stereocenters. The Morgan fingerprint density at radius 2 is 2.38 bits per heavy atom. The maximum absolute atomic E-state index is 12.0. The summed E-state index contributed by atoms with van der Waals surface area (Å²) in [5, 5.41) is 0. The molecule has 16 heavy (non-hydrogen) atoms. The molecule has 1 rings (SSSR count). The first-order valence-electron chi connectivity index (χ1n) is 5.18. The van der Waals surface area contributed by atoms with Crippen molar-refractivity contribution < 1.29 is 9.53 Å². The number of ether oxygens (including phenoxy) is 1. The minimum atomic E-state index is -0.0596. The fourth-order valence-corrected chi connectivity index (χ4v) is 1.34. The molecule has 2 N–H and O–H groups in total. The fourth-order valence-electron chi connectivity index (χ4n) is 1.34. The van der Waals surface area contributed by atoms with Gasteiger partial charge in [-0.3, -0.25) is 9.78 Å². The molecule has 0 spiro atoms. The second-order valence-electron chi connectivity index (χ2n) is 3.32. The summed E-state index contributed by atoms with van der Waals surface area (Å²) < 4.78 is 4.95. The van der Waals surface area contributed by atoms with E-state index in [-0.39, 0.29) is 5.91 Å². The number of rotatable bonds is 6. The van der Waals surface area contributed by atoms with Gasteiger partial charge in [0, 0.05) is 39.1 Å². The van der Waals surface area contributed by atoms with Gasteiger partial charge in [-0.2, -0.15) is 0 Å². The van der Waals surface area contributed by atoms with Crippen molar-refractivity contribution in [2.75, 3.05) is 33.4 Å². The third kappa shape index (κ3) is 3.60. The van der Waals surface area contributed by atoms with Crippen LogP contribution in [-0.4, -0.2) is 49.1 Å². The van der Waals surface area contributed by atoms with Crippen LogP contribution in [-0.2, 0) is 4.74 Å². The molecule has 1 aromatic heterocycles. The highest BCUT2D eigenvalue weighted by molar-refractivity contribution is 5.93. The van der Waals surface area contributed by atoms with E-state index in [4.69, 9.17) is 10.5 Å². The summed E-state index contributed by atoms with van der Waals surface area (Å²) in [6, 6.07) is 3.48. The Labute approximate surface area is 95.2 Å². The van der Waals surface area contributed by atoms with Crippen molar-refractivity contribution in [3.63, 3.8) is 0 Å². The first-order valence-corrected chi connectivity index (χ1v) is 5.18. The van der Waals surface area contributed by atoms with E-state index in [9.17, 15) is 4.79 Å². The Hall–Kier alpha value is -1.46. The number of carbonyl (C=O) groups excluding carboxylic acids is 1. The molecule has 0 aliphatic rings. The molecule has 5 nitrogen and oxygen atoms in total. The molecule has 0 saturated carbocycles. The molecule has 0 radical (unpaired) electrons. The quantitative estimate of drug-likeness (QED) is 0.744. The molecule has 0 aromatic carbocycles. The third-order valence-corrected chi connectivity index (χ3v) is 2.16. The van der Waals surface area contributed by atoms with Crippen molar-refractivity contribution in [3.05, 3.63) is 30.1 Å². The zero-order valence-electron chi connectivity index (χ0n) is 9.43. The van der Waals surface area contributed by atoms with E-state index < -0.39 is 0 Å². The van der Waals surface area contributed by atoms with Crippen LogP contribution in [0.2, 0.25) is 0 Å². The first kappa shape index (κ1) is 12.6. The number of amides is 1. The van der Waals surface area contributed by atoms with Gasteiger partial charge in [-0.15, -0.1) is 0 Å². The monoisotopic (exact) mass is 223 g/mol. The molecule has 5 heteroatoms. The van der Waals surface area contributed by atoms with Gasteiger partial charge in [0.15, 0.2) is 0 Å². The lowest BCUT2D eigenvalue weighted by Gasteiger charge is -2.21. The number of carbonyl (C=O) groups is 1. The maximum Gasteiger partial charge on any atom is 0.255 e. The van der Waals surface area contributed by atoms with Gasteiger partial charge in [0.25, 0.3) is 5.91 Å². The molecule has 0 fully saturated rings. The highest BCUT2D eigenvalue weighted by atomic mass is 16.5. The highest BCUT2D eigenvalue weighted by Gasteiger charge is 2.14. The number of aromatic nitrogens is 1. The van der Waals surface area contributed by atoms with Crippen LogP contribution < -0.4 is 5.73 Å². The average molecular weight is 223 g/mol. The predicted octanol–water partition coefficient (Wildman–Crippen LogP) is 0.129. The number of nitrogens with two attached hydrogens (primary N) is 1. The molecule has 0 saturated heterocycles. The zero-order valence-corrected chi connectivity index (χ0v) is 9.43. The van der Waals surface area contributed by atoms with Gasteiger partial charge in [0.2, 0.25) is 0 Å². The summed E-state index contributed by atoms with van der Waals surface area (Å²) in [5.41, 5.74) is 6.04. The Balaban J connectivity index is 2.67. The van der Waals surface area contributed by atoms with Crippen molar-refractivity contribution in [3.8, 4) is 0 Å². The van der Waals surface area contributed by atoms with Gasteiger partial charge in [-0.05, 0) is 12.1 Å². The molecule has 1 amide bonds. The Bertz CT molecular complexity index is 316. The lowest BCUT2D eigenvalue weighted by atomic mass is 10.2.